The Kier molecular flexibility index (Phi) is 4.70. The predicted octanol–water partition coefficient (Wildman–Crippen LogP) is 1.91. The van der Waals surface area contributed by atoms with E-state index in [1.807, 2.05) is 28.8 Å². The standard InChI is InChI=1S/C20H24N4O3/c1-22-17-8-11-23(12-14-4-6-15(7-5-14)20(26)27)13-16(17)18(21-22)19(25)24-9-2-3-10-24/h4-7H,2-3,8-13H2,1H3,(H,26,27). The highest BCUT2D eigenvalue weighted by Gasteiger charge is 2.30. The highest BCUT2D eigenvalue weighted by Crippen LogP contribution is 2.25. The summed E-state index contributed by atoms with van der Waals surface area (Å²) in [5, 5.41) is 13.6. The lowest BCUT2D eigenvalue weighted by Crippen LogP contribution is -2.33. The number of fused-ring (bicyclic) bond motifs is 1. The lowest BCUT2D eigenvalue weighted by atomic mass is 10.0. The number of aryl methyl sites for hydroxylation is 1. The van der Waals surface area contributed by atoms with Gasteiger partial charge in [0.15, 0.2) is 5.69 Å². The molecule has 142 valence electrons. The van der Waals surface area contributed by atoms with Gasteiger partial charge >= 0.3 is 5.97 Å². The predicted molar refractivity (Wildman–Crippen MR) is 99.6 cm³/mol. The highest BCUT2D eigenvalue weighted by molar-refractivity contribution is 5.94. The Morgan fingerprint density at radius 3 is 2.48 bits per heavy atom. The number of benzene rings is 1. The molecule has 1 amide bonds. The molecule has 3 heterocycles. The van der Waals surface area contributed by atoms with Crippen molar-refractivity contribution in [1.29, 1.82) is 0 Å². The summed E-state index contributed by atoms with van der Waals surface area (Å²) in [7, 11) is 1.92. The molecule has 2 aliphatic heterocycles. The summed E-state index contributed by atoms with van der Waals surface area (Å²) in [5.74, 6) is -0.860. The van der Waals surface area contributed by atoms with Crippen molar-refractivity contribution in [2.24, 2.45) is 7.05 Å². The summed E-state index contributed by atoms with van der Waals surface area (Å²) in [6.45, 7) is 3.96. The zero-order valence-corrected chi connectivity index (χ0v) is 15.5. The molecule has 0 unspecified atom stereocenters. The first-order chi connectivity index (χ1) is 13.0. The number of carboxylic acids is 1. The molecular formula is C20H24N4O3. The topological polar surface area (TPSA) is 78.7 Å². The van der Waals surface area contributed by atoms with Crippen molar-refractivity contribution in [1.82, 2.24) is 19.6 Å². The SMILES string of the molecule is Cn1nc(C(=O)N2CCCC2)c2c1CCN(Cc1ccc(C(=O)O)cc1)C2. The normalized spacial score (nSPS) is 17.1. The van der Waals surface area contributed by atoms with E-state index in [4.69, 9.17) is 5.11 Å². The van der Waals surface area contributed by atoms with Crippen LogP contribution in [0.1, 0.15) is 50.5 Å². The van der Waals surface area contributed by atoms with Crippen LogP contribution in [0.3, 0.4) is 0 Å². The Balaban J connectivity index is 1.51. The van der Waals surface area contributed by atoms with E-state index in [2.05, 4.69) is 10.00 Å². The van der Waals surface area contributed by atoms with Crippen LogP contribution in [0, 0.1) is 0 Å². The number of amides is 1. The van der Waals surface area contributed by atoms with Gasteiger partial charge in [0.1, 0.15) is 0 Å². The molecular weight excluding hydrogens is 344 g/mol. The molecule has 1 N–H and O–H groups in total. The molecule has 1 saturated heterocycles. The molecule has 0 atom stereocenters. The maximum Gasteiger partial charge on any atom is 0.335 e. The van der Waals surface area contributed by atoms with Crippen LogP contribution in [0.25, 0.3) is 0 Å². The van der Waals surface area contributed by atoms with Crippen molar-refractivity contribution in [2.75, 3.05) is 19.6 Å². The van der Waals surface area contributed by atoms with Crippen LogP contribution < -0.4 is 0 Å². The summed E-state index contributed by atoms with van der Waals surface area (Å²) >= 11 is 0. The van der Waals surface area contributed by atoms with E-state index in [-0.39, 0.29) is 5.91 Å². The number of carboxylic acid groups (broad SMARTS) is 1. The second kappa shape index (κ2) is 7.15. The minimum absolute atomic E-state index is 0.0528. The fraction of sp³-hybridized carbons (Fsp3) is 0.450. The van der Waals surface area contributed by atoms with Crippen LogP contribution >= 0.6 is 0 Å². The van der Waals surface area contributed by atoms with E-state index in [1.54, 1.807) is 12.1 Å². The molecule has 0 saturated carbocycles. The van der Waals surface area contributed by atoms with Crippen molar-refractivity contribution in [3.8, 4) is 0 Å². The average molecular weight is 368 g/mol. The molecule has 1 aromatic heterocycles. The van der Waals surface area contributed by atoms with Crippen LogP contribution in [0.15, 0.2) is 24.3 Å². The molecule has 27 heavy (non-hydrogen) atoms. The van der Waals surface area contributed by atoms with Gasteiger partial charge in [-0.25, -0.2) is 4.79 Å². The third-order valence-electron chi connectivity index (χ3n) is 5.52. The Bertz CT molecular complexity index is 866. The van der Waals surface area contributed by atoms with Crippen LogP contribution in [0.5, 0.6) is 0 Å². The van der Waals surface area contributed by atoms with Gasteiger partial charge in [-0.05, 0) is 30.5 Å². The zero-order valence-electron chi connectivity index (χ0n) is 15.5. The van der Waals surface area contributed by atoms with E-state index in [1.165, 1.54) is 0 Å². The van der Waals surface area contributed by atoms with E-state index < -0.39 is 5.97 Å². The van der Waals surface area contributed by atoms with Gasteiger partial charge in [0.05, 0.1) is 5.56 Å². The first-order valence-corrected chi connectivity index (χ1v) is 9.41. The van der Waals surface area contributed by atoms with E-state index >= 15 is 0 Å². The van der Waals surface area contributed by atoms with Crippen LogP contribution in [0.4, 0.5) is 0 Å². The van der Waals surface area contributed by atoms with Gasteiger partial charge in [-0.1, -0.05) is 12.1 Å². The van der Waals surface area contributed by atoms with Crippen molar-refractivity contribution in [3.63, 3.8) is 0 Å². The summed E-state index contributed by atoms with van der Waals surface area (Å²) in [5.41, 5.74) is 4.16. The molecule has 1 aromatic carbocycles. The number of hydrogen-bond donors (Lipinski definition) is 1. The summed E-state index contributed by atoms with van der Waals surface area (Å²) in [6, 6.07) is 7.00. The van der Waals surface area contributed by atoms with Crippen molar-refractivity contribution < 1.29 is 14.7 Å². The summed E-state index contributed by atoms with van der Waals surface area (Å²) < 4.78 is 1.86. The summed E-state index contributed by atoms with van der Waals surface area (Å²) in [4.78, 5) is 28.1. The molecule has 2 aliphatic rings. The van der Waals surface area contributed by atoms with Gasteiger partial charge in [-0.15, -0.1) is 0 Å². The van der Waals surface area contributed by atoms with E-state index in [9.17, 15) is 9.59 Å². The monoisotopic (exact) mass is 368 g/mol. The van der Waals surface area contributed by atoms with Gasteiger partial charge < -0.3 is 10.0 Å². The molecule has 4 rings (SSSR count). The zero-order chi connectivity index (χ0) is 19.0. The Hall–Kier alpha value is -2.67. The number of hydrogen-bond acceptors (Lipinski definition) is 4. The Morgan fingerprint density at radius 2 is 1.81 bits per heavy atom. The van der Waals surface area contributed by atoms with Gasteiger partial charge in [0.2, 0.25) is 0 Å². The maximum absolute atomic E-state index is 12.9. The fourth-order valence-electron chi connectivity index (χ4n) is 4.04. The second-order valence-electron chi connectivity index (χ2n) is 7.36. The maximum atomic E-state index is 12.9. The smallest absolute Gasteiger partial charge is 0.335 e. The van der Waals surface area contributed by atoms with Crippen LogP contribution in [-0.2, 0) is 26.6 Å². The summed E-state index contributed by atoms with van der Waals surface area (Å²) in [6.07, 6.45) is 3.00. The largest absolute Gasteiger partial charge is 0.478 e. The molecule has 2 aromatic rings. The van der Waals surface area contributed by atoms with Crippen LogP contribution in [-0.4, -0.2) is 56.2 Å². The second-order valence-corrected chi connectivity index (χ2v) is 7.36. The van der Waals surface area contributed by atoms with Gasteiger partial charge in [-0.3, -0.25) is 14.4 Å². The molecule has 7 nitrogen and oxygen atoms in total. The van der Waals surface area contributed by atoms with Gasteiger partial charge in [-0.2, -0.15) is 5.10 Å². The van der Waals surface area contributed by atoms with Gasteiger partial charge in [0.25, 0.3) is 5.91 Å². The minimum atomic E-state index is -0.912. The molecule has 0 aliphatic carbocycles. The lowest BCUT2D eigenvalue weighted by Gasteiger charge is -2.27. The van der Waals surface area contributed by atoms with Crippen molar-refractivity contribution in [3.05, 3.63) is 52.3 Å². The number of aromatic nitrogens is 2. The van der Waals surface area contributed by atoms with Crippen molar-refractivity contribution in [2.45, 2.75) is 32.4 Å². The number of carbonyl (C=O) groups is 2. The highest BCUT2D eigenvalue weighted by atomic mass is 16.4. The minimum Gasteiger partial charge on any atom is -0.478 e. The Labute approximate surface area is 158 Å². The third-order valence-corrected chi connectivity index (χ3v) is 5.52. The first kappa shape index (κ1) is 17.7. The lowest BCUT2D eigenvalue weighted by molar-refractivity contribution is 0.0696. The molecule has 0 bridgehead atoms. The molecule has 0 spiro atoms. The van der Waals surface area contributed by atoms with E-state index in [0.29, 0.717) is 17.8 Å². The molecule has 7 heteroatoms. The number of nitrogens with zero attached hydrogens (tertiary/aromatic N) is 4. The first-order valence-electron chi connectivity index (χ1n) is 9.41. The van der Waals surface area contributed by atoms with E-state index in [0.717, 1.165) is 62.3 Å². The number of carbonyl (C=O) groups excluding carboxylic acids is 1. The fourth-order valence-corrected chi connectivity index (χ4v) is 4.04. The van der Waals surface area contributed by atoms with Gasteiger partial charge in [0, 0.05) is 57.4 Å². The number of likely N-dealkylation sites (tertiary alicyclic amines) is 1. The average Bonchev–Trinajstić information content (AvgIpc) is 3.30. The number of rotatable bonds is 4. The number of aromatic carboxylic acids is 1. The van der Waals surface area contributed by atoms with Crippen molar-refractivity contribution >= 4 is 11.9 Å². The Morgan fingerprint density at radius 1 is 1.11 bits per heavy atom. The molecule has 0 radical (unpaired) electrons. The third kappa shape index (κ3) is 3.47. The quantitative estimate of drug-likeness (QED) is 0.892. The molecule has 1 fully saturated rings. The van der Waals surface area contributed by atoms with Crippen LogP contribution in [0.2, 0.25) is 0 Å².